The van der Waals surface area contributed by atoms with Gasteiger partial charge in [0, 0.05) is 19.6 Å². The third-order valence-corrected chi connectivity index (χ3v) is 4.71. The number of hydrogen-bond donors (Lipinski definition) is 2. The molecule has 1 aliphatic carbocycles. The van der Waals surface area contributed by atoms with E-state index in [0.717, 1.165) is 32.2 Å². The van der Waals surface area contributed by atoms with Gasteiger partial charge in [-0.2, -0.15) is 0 Å². The number of nitrogens with zero attached hydrogens (tertiary/aromatic N) is 2. The maximum atomic E-state index is 5.86. The molecule has 4 heteroatoms. The van der Waals surface area contributed by atoms with E-state index in [1.54, 1.807) is 0 Å². The minimum absolute atomic E-state index is 0.542. The molecule has 0 radical (unpaired) electrons. The van der Waals surface area contributed by atoms with Crippen LogP contribution in [0.5, 0.6) is 0 Å². The van der Waals surface area contributed by atoms with Crippen LogP contribution < -0.4 is 11.5 Å². The van der Waals surface area contributed by atoms with Gasteiger partial charge in [-0.3, -0.25) is 9.80 Å². The smallest absolute Gasteiger partial charge is 0.0951 e. The summed E-state index contributed by atoms with van der Waals surface area (Å²) in [6, 6.07) is 0. The fourth-order valence-corrected chi connectivity index (χ4v) is 3.54. The van der Waals surface area contributed by atoms with Crippen molar-refractivity contribution < 1.29 is 0 Å². The first-order valence-electron chi connectivity index (χ1n) is 8.36. The summed E-state index contributed by atoms with van der Waals surface area (Å²) >= 11 is 0. The van der Waals surface area contributed by atoms with E-state index in [-0.39, 0.29) is 0 Å². The Morgan fingerprint density at radius 2 is 1.80 bits per heavy atom. The third kappa shape index (κ3) is 4.67. The van der Waals surface area contributed by atoms with Gasteiger partial charge in [-0.25, -0.2) is 0 Å². The van der Waals surface area contributed by atoms with E-state index in [0.29, 0.717) is 5.82 Å². The topological polar surface area (TPSA) is 58.5 Å². The minimum atomic E-state index is 0.542. The lowest BCUT2D eigenvalue weighted by molar-refractivity contribution is 0.0921. The van der Waals surface area contributed by atoms with Gasteiger partial charge in [0.25, 0.3) is 0 Å². The van der Waals surface area contributed by atoms with Crippen LogP contribution in [-0.2, 0) is 0 Å². The Kier molecular flexibility index (Phi) is 6.17. The second-order valence-electron chi connectivity index (χ2n) is 6.62. The second-order valence-corrected chi connectivity index (χ2v) is 6.62. The molecule has 0 aromatic heterocycles. The fraction of sp³-hybridized carbons (Fsp3) is 0.875. The largest absolute Gasteiger partial charge is 0.386 e. The second kappa shape index (κ2) is 7.89. The number of unbranched alkanes of at least 4 members (excludes halogenated alkanes) is 1. The molecule has 4 nitrogen and oxygen atoms in total. The van der Waals surface area contributed by atoms with Crippen molar-refractivity contribution in [2.24, 2.45) is 17.4 Å². The first kappa shape index (κ1) is 15.6. The molecular formula is C16H32N4. The van der Waals surface area contributed by atoms with E-state index in [1.807, 2.05) is 0 Å². The Hall–Kier alpha value is -0.740. The Bertz CT molecular complexity index is 316. The highest BCUT2D eigenvalue weighted by atomic mass is 15.3. The SMILES string of the molecule is CCCCN1CC(=C(N)N)CN(CC2CCCCC2)C1. The Morgan fingerprint density at radius 3 is 2.45 bits per heavy atom. The first-order chi connectivity index (χ1) is 9.69. The molecule has 1 saturated heterocycles. The Balaban J connectivity index is 1.90. The highest BCUT2D eigenvalue weighted by Gasteiger charge is 2.24. The number of rotatable bonds is 5. The maximum absolute atomic E-state index is 5.86. The lowest BCUT2D eigenvalue weighted by Gasteiger charge is -2.39. The van der Waals surface area contributed by atoms with Gasteiger partial charge in [0.15, 0.2) is 0 Å². The minimum Gasteiger partial charge on any atom is -0.386 e. The van der Waals surface area contributed by atoms with Crippen molar-refractivity contribution in [3.05, 3.63) is 11.4 Å². The molecule has 2 fully saturated rings. The summed E-state index contributed by atoms with van der Waals surface area (Å²) in [6.45, 7) is 7.66. The van der Waals surface area contributed by atoms with E-state index < -0.39 is 0 Å². The van der Waals surface area contributed by atoms with Crippen LogP contribution >= 0.6 is 0 Å². The molecule has 0 amide bonds. The highest BCUT2D eigenvalue weighted by molar-refractivity contribution is 5.14. The van der Waals surface area contributed by atoms with Crippen LogP contribution in [0, 0.1) is 5.92 Å². The van der Waals surface area contributed by atoms with Crippen molar-refractivity contribution in [1.29, 1.82) is 0 Å². The normalized spacial score (nSPS) is 23.1. The summed E-state index contributed by atoms with van der Waals surface area (Å²) < 4.78 is 0. The average molecular weight is 280 g/mol. The molecule has 4 N–H and O–H groups in total. The van der Waals surface area contributed by atoms with Crippen LogP contribution in [0.15, 0.2) is 11.4 Å². The third-order valence-electron chi connectivity index (χ3n) is 4.71. The van der Waals surface area contributed by atoms with Gasteiger partial charge in [-0.1, -0.05) is 32.6 Å². The summed E-state index contributed by atoms with van der Waals surface area (Å²) in [5, 5.41) is 0. The number of hydrogen-bond acceptors (Lipinski definition) is 4. The van der Waals surface area contributed by atoms with Gasteiger partial charge in [0.05, 0.1) is 12.5 Å². The molecule has 0 aromatic carbocycles. The van der Waals surface area contributed by atoms with Gasteiger partial charge < -0.3 is 11.5 Å². The van der Waals surface area contributed by atoms with Crippen LogP contribution in [0.25, 0.3) is 0 Å². The molecule has 0 spiro atoms. The zero-order chi connectivity index (χ0) is 14.4. The van der Waals surface area contributed by atoms with Crippen molar-refractivity contribution in [3.8, 4) is 0 Å². The standard InChI is InChI=1S/C16H32N4/c1-2-3-9-19-11-15(16(17)18)12-20(13-19)10-14-7-5-4-6-8-14/h14H,2-13,17-18H2,1H3. The monoisotopic (exact) mass is 280 g/mol. The van der Waals surface area contributed by atoms with Gasteiger partial charge in [-0.15, -0.1) is 0 Å². The summed E-state index contributed by atoms with van der Waals surface area (Å²) in [6.07, 6.45) is 9.58. The first-order valence-corrected chi connectivity index (χ1v) is 8.36. The van der Waals surface area contributed by atoms with Crippen LogP contribution in [-0.4, -0.2) is 42.6 Å². The molecule has 1 saturated carbocycles. The molecule has 1 heterocycles. The van der Waals surface area contributed by atoms with Crippen LogP contribution in [0.3, 0.4) is 0 Å². The molecule has 1 aliphatic heterocycles. The van der Waals surface area contributed by atoms with Gasteiger partial charge in [0.1, 0.15) is 0 Å². The lowest BCUT2D eigenvalue weighted by Crippen LogP contribution is -2.49. The van der Waals surface area contributed by atoms with E-state index in [9.17, 15) is 0 Å². The molecule has 0 bridgehead atoms. The molecule has 2 rings (SSSR count). The molecular weight excluding hydrogens is 248 g/mol. The molecule has 20 heavy (non-hydrogen) atoms. The van der Waals surface area contributed by atoms with Crippen LogP contribution in [0.1, 0.15) is 51.9 Å². The van der Waals surface area contributed by atoms with Crippen molar-refractivity contribution in [3.63, 3.8) is 0 Å². The molecule has 0 unspecified atom stereocenters. The average Bonchev–Trinajstić information content (AvgIpc) is 2.46. The molecule has 116 valence electrons. The molecule has 0 aromatic rings. The van der Waals surface area contributed by atoms with E-state index in [4.69, 9.17) is 11.5 Å². The summed E-state index contributed by atoms with van der Waals surface area (Å²) in [5.41, 5.74) is 12.9. The van der Waals surface area contributed by atoms with E-state index in [2.05, 4.69) is 16.7 Å². The van der Waals surface area contributed by atoms with Crippen LogP contribution in [0.2, 0.25) is 0 Å². The molecule has 2 aliphatic rings. The van der Waals surface area contributed by atoms with Crippen molar-refractivity contribution in [2.75, 3.05) is 32.8 Å². The van der Waals surface area contributed by atoms with Gasteiger partial charge in [0.2, 0.25) is 0 Å². The van der Waals surface area contributed by atoms with E-state index >= 15 is 0 Å². The zero-order valence-corrected chi connectivity index (χ0v) is 13.1. The van der Waals surface area contributed by atoms with Crippen molar-refractivity contribution in [2.45, 2.75) is 51.9 Å². The quantitative estimate of drug-likeness (QED) is 0.809. The summed E-state index contributed by atoms with van der Waals surface area (Å²) in [4.78, 5) is 5.06. The lowest BCUT2D eigenvalue weighted by atomic mass is 9.89. The van der Waals surface area contributed by atoms with Crippen LogP contribution in [0.4, 0.5) is 0 Å². The Morgan fingerprint density at radius 1 is 1.10 bits per heavy atom. The fourth-order valence-electron chi connectivity index (χ4n) is 3.54. The molecule has 0 atom stereocenters. The van der Waals surface area contributed by atoms with Crippen molar-refractivity contribution >= 4 is 0 Å². The van der Waals surface area contributed by atoms with Gasteiger partial charge >= 0.3 is 0 Å². The van der Waals surface area contributed by atoms with E-state index in [1.165, 1.54) is 57.1 Å². The highest BCUT2D eigenvalue weighted by Crippen LogP contribution is 2.25. The number of nitrogens with two attached hydrogens (primary N) is 2. The zero-order valence-electron chi connectivity index (χ0n) is 13.1. The van der Waals surface area contributed by atoms with Crippen molar-refractivity contribution in [1.82, 2.24) is 9.80 Å². The van der Waals surface area contributed by atoms with Gasteiger partial charge in [-0.05, 0) is 37.3 Å². The summed E-state index contributed by atoms with van der Waals surface area (Å²) in [7, 11) is 0. The predicted molar refractivity (Wildman–Crippen MR) is 84.9 cm³/mol. The maximum Gasteiger partial charge on any atom is 0.0951 e. The Labute approximate surface area is 124 Å². The predicted octanol–water partition coefficient (Wildman–Crippen LogP) is 2.07. The summed E-state index contributed by atoms with van der Waals surface area (Å²) in [5.74, 6) is 1.43.